The summed E-state index contributed by atoms with van der Waals surface area (Å²) in [6, 6.07) is -2.30. The first-order chi connectivity index (χ1) is 17.9. The Hall–Kier alpha value is -1.84. The summed E-state index contributed by atoms with van der Waals surface area (Å²) in [7, 11) is -3.50. The van der Waals surface area contributed by atoms with Gasteiger partial charge < -0.3 is 20.6 Å². The Balaban J connectivity index is 1.58. The van der Waals surface area contributed by atoms with E-state index in [-0.39, 0.29) is 28.9 Å². The van der Waals surface area contributed by atoms with E-state index in [1.165, 1.54) is 4.90 Å². The van der Waals surface area contributed by atoms with Gasteiger partial charge in [-0.25, -0.2) is 18.0 Å². The van der Waals surface area contributed by atoms with E-state index < -0.39 is 49.6 Å². The molecule has 0 radical (unpaired) electrons. The van der Waals surface area contributed by atoms with E-state index in [0.717, 1.165) is 51.4 Å². The summed E-state index contributed by atoms with van der Waals surface area (Å²) < 4.78 is 25.5. The van der Waals surface area contributed by atoms with E-state index in [1.807, 2.05) is 6.92 Å². The van der Waals surface area contributed by atoms with Crippen LogP contribution in [0, 0.1) is 22.7 Å². The van der Waals surface area contributed by atoms with Crippen molar-refractivity contribution in [1.82, 2.24) is 15.5 Å². The summed E-state index contributed by atoms with van der Waals surface area (Å²) in [6.07, 6.45) is 8.25. The second-order valence-electron chi connectivity index (χ2n) is 14.7. The van der Waals surface area contributed by atoms with Crippen LogP contribution in [0.5, 0.6) is 0 Å². The molecule has 222 valence electrons. The number of hydrogen-bond donors (Lipinski definition) is 3. The molecule has 39 heavy (non-hydrogen) atoms. The maximum absolute atomic E-state index is 14.1. The van der Waals surface area contributed by atoms with Crippen molar-refractivity contribution in [3.05, 3.63) is 0 Å². The number of sulfone groups is 1. The van der Waals surface area contributed by atoms with E-state index in [9.17, 15) is 27.9 Å². The van der Waals surface area contributed by atoms with Crippen molar-refractivity contribution in [3.8, 4) is 0 Å². The van der Waals surface area contributed by atoms with E-state index in [4.69, 9.17) is 0 Å². The predicted molar refractivity (Wildman–Crippen MR) is 150 cm³/mol. The van der Waals surface area contributed by atoms with Crippen LogP contribution >= 0.6 is 0 Å². The standard InChI is InChI=1S/C29H49N3O6S/c1-26(2,3)39(37,38)18-29(15-11-8-12-16-29)31-25(36)30-22(28(6)13-9-7-10-14-28)23(33)32-17-19-20(27(19,4)5)21(32)24(34)35/h19-22H,7-18H2,1-6H3,(H,34,35)(H2,30,31,36)/t19?,20?,21-,22+/m0/s1. The smallest absolute Gasteiger partial charge is 0.326 e. The lowest BCUT2D eigenvalue weighted by molar-refractivity contribution is -0.152. The number of amides is 3. The fourth-order valence-electron chi connectivity index (χ4n) is 7.67. The number of nitrogens with one attached hydrogen (secondary N) is 2. The van der Waals surface area contributed by atoms with Gasteiger partial charge in [-0.15, -0.1) is 0 Å². The second kappa shape index (κ2) is 10.2. The first-order valence-electron chi connectivity index (χ1n) is 14.8. The van der Waals surface area contributed by atoms with Crippen LogP contribution in [0.2, 0.25) is 0 Å². The summed E-state index contributed by atoms with van der Waals surface area (Å²) in [6.45, 7) is 11.6. The Bertz CT molecular complexity index is 1080. The fraction of sp³-hybridized carbons (Fsp3) is 0.897. The quantitative estimate of drug-likeness (QED) is 0.424. The van der Waals surface area contributed by atoms with Gasteiger partial charge in [0.2, 0.25) is 5.91 Å². The van der Waals surface area contributed by atoms with Crippen LogP contribution < -0.4 is 10.6 Å². The van der Waals surface area contributed by atoms with E-state index >= 15 is 0 Å². The average molecular weight is 568 g/mol. The fourth-order valence-corrected chi connectivity index (χ4v) is 9.19. The number of aliphatic carboxylic acids is 1. The first-order valence-corrected chi connectivity index (χ1v) is 16.4. The molecular formula is C29H49N3O6S. The Morgan fingerprint density at radius 3 is 2.00 bits per heavy atom. The zero-order chi connectivity index (χ0) is 29.0. The van der Waals surface area contributed by atoms with Crippen molar-refractivity contribution in [3.63, 3.8) is 0 Å². The Labute approximate surface area is 234 Å². The van der Waals surface area contributed by atoms with Gasteiger partial charge in [0.15, 0.2) is 9.84 Å². The summed E-state index contributed by atoms with van der Waals surface area (Å²) in [4.78, 5) is 41.6. The highest BCUT2D eigenvalue weighted by Crippen LogP contribution is 2.65. The number of likely N-dealkylation sites (tertiary alicyclic amines) is 1. The maximum Gasteiger partial charge on any atom is 0.326 e. The number of carbonyl (C=O) groups is 3. The molecule has 1 heterocycles. The molecule has 2 unspecified atom stereocenters. The minimum atomic E-state index is -3.50. The van der Waals surface area contributed by atoms with Crippen LogP contribution in [0.3, 0.4) is 0 Å². The summed E-state index contributed by atoms with van der Waals surface area (Å²) in [5, 5.41) is 16.1. The SMILES string of the molecule is CC1(C)C2CN(C(=O)[C@@H](NC(=O)NC3(CS(=O)(=O)C(C)(C)C)CCCCC3)C3(C)CCCCC3)[C@H](C(=O)O)C21. The van der Waals surface area contributed by atoms with E-state index in [1.54, 1.807) is 20.8 Å². The molecule has 0 spiro atoms. The number of carboxylic acid groups (broad SMARTS) is 1. The third-order valence-corrected chi connectivity index (χ3v) is 13.3. The van der Waals surface area contributed by atoms with Crippen LogP contribution in [0.1, 0.15) is 106 Å². The minimum Gasteiger partial charge on any atom is -0.480 e. The van der Waals surface area contributed by atoms with Crippen molar-refractivity contribution >= 4 is 27.7 Å². The maximum atomic E-state index is 14.1. The molecule has 4 fully saturated rings. The second-order valence-corrected chi connectivity index (χ2v) is 17.4. The normalized spacial score (nSPS) is 30.1. The number of hydrogen-bond acceptors (Lipinski definition) is 5. The first kappa shape index (κ1) is 30.1. The number of carboxylic acids is 1. The van der Waals surface area contributed by atoms with Crippen LogP contribution in [-0.2, 0) is 19.4 Å². The molecule has 3 N–H and O–H groups in total. The molecule has 4 atom stereocenters. The minimum absolute atomic E-state index is 0.0827. The van der Waals surface area contributed by atoms with Gasteiger partial charge in [0.1, 0.15) is 12.1 Å². The van der Waals surface area contributed by atoms with Gasteiger partial charge in [-0.3, -0.25) is 4.79 Å². The molecule has 1 aliphatic heterocycles. The van der Waals surface area contributed by atoms with Crippen LogP contribution in [0.4, 0.5) is 4.79 Å². The van der Waals surface area contributed by atoms with Crippen molar-refractivity contribution < 1.29 is 27.9 Å². The van der Waals surface area contributed by atoms with E-state index in [0.29, 0.717) is 19.4 Å². The van der Waals surface area contributed by atoms with E-state index in [2.05, 4.69) is 24.5 Å². The number of rotatable bonds is 7. The van der Waals surface area contributed by atoms with Gasteiger partial charge in [-0.05, 0) is 63.2 Å². The molecule has 3 saturated carbocycles. The number of urea groups is 1. The number of piperidine rings is 1. The Morgan fingerprint density at radius 1 is 0.949 bits per heavy atom. The summed E-state index contributed by atoms with van der Waals surface area (Å²) in [5.74, 6) is -1.40. The molecule has 0 aromatic carbocycles. The Morgan fingerprint density at radius 2 is 1.49 bits per heavy atom. The topological polar surface area (TPSA) is 133 Å². The molecular weight excluding hydrogens is 518 g/mol. The zero-order valence-corrected chi connectivity index (χ0v) is 25.5. The van der Waals surface area contributed by atoms with Crippen molar-refractivity contribution in [2.45, 2.75) is 128 Å². The van der Waals surface area contributed by atoms with Gasteiger partial charge in [-0.1, -0.05) is 59.3 Å². The lowest BCUT2D eigenvalue weighted by Gasteiger charge is -2.44. The molecule has 3 amide bonds. The molecule has 10 heteroatoms. The zero-order valence-electron chi connectivity index (χ0n) is 24.6. The summed E-state index contributed by atoms with van der Waals surface area (Å²) >= 11 is 0. The van der Waals surface area contributed by atoms with Crippen LogP contribution in [0.25, 0.3) is 0 Å². The Kier molecular flexibility index (Phi) is 7.89. The highest BCUT2D eigenvalue weighted by atomic mass is 32.2. The monoisotopic (exact) mass is 567 g/mol. The highest BCUT2D eigenvalue weighted by Gasteiger charge is 2.70. The third-order valence-electron chi connectivity index (χ3n) is 10.5. The molecule has 0 bridgehead atoms. The molecule has 4 aliphatic rings. The molecule has 0 aromatic rings. The molecule has 9 nitrogen and oxygen atoms in total. The van der Waals surface area contributed by atoms with Gasteiger partial charge >= 0.3 is 12.0 Å². The van der Waals surface area contributed by atoms with Gasteiger partial charge in [0.05, 0.1) is 16.0 Å². The number of fused-ring (bicyclic) bond motifs is 1. The van der Waals surface area contributed by atoms with Gasteiger partial charge in [0, 0.05) is 12.5 Å². The van der Waals surface area contributed by atoms with Crippen molar-refractivity contribution in [1.29, 1.82) is 0 Å². The highest BCUT2D eigenvalue weighted by molar-refractivity contribution is 7.92. The number of nitrogens with zero attached hydrogens (tertiary/aromatic N) is 1. The molecule has 0 aromatic heterocycles. The average Bonchev–Trinajstić information content (AvgIpc) is 3.15. The summed E-state index contributed by atoms with van der Waals surface area (Å²) in [5.41, 5.74) is -1.51. The lowest BCUT2D eigenvalue weighted by atomic mass is 9.70. The predicted octanol–water partition coefficient (Wildman–Crippen LogP) is 4.11. The molecule has 1 saturated heterocycles. The third kappa shape index (κ3) is 5.68. The molecule has 4 rings (SSSR count). The largest absolute Gasteiger partial charge is 0.480 e. The van der Waals surface area contributed by atoms with Crippen molar-refractivity contribution in [2.75, 3.05) is 12.3 Å². The van der Waals surface area contributed by atoms with Gasteiger partial charge in [-0.2, -0.15) is 0 Å². The van der Waals surface area contributed by atoms with Crippen LogP contribution in [0.15, 0.2) is 0 Å². The van der Waals surface area contributed by atoms with Crippen molar-refractivity contribution in [2.24, 2.45) is 22.7 Å². The van der Waals surface area contributed by atoms with Gasteiger partial charge in [0.25, 0.3) is 0 Å². The molecule has 3 aliphatic carbocycles. The lowest BCUT2D eigenvalue weighted by Crippen LogP contribution is -2.64. The number of carbonyl (C=O) groups excluding carboxylic acids is 2. The van der Waals surface area contributed by atoms with Crippen LogP contribution in [-0.4, -0.2) is 71.0 Å².